The van der Waals surface area contributed by atoms with Gasteiger partial charge in [0.1, 0.15) is 29.6 Å². The molecule has 0 aromatic rings. The van der Waals surface area contributed by atoms with Gasteiger partial charge in [0.15, 0.2) is 0 Å². The number of rotatable bonds is 0. The van der Waals surface area contributed by atoms with Crippen LogP contribution in [0.2, 0.25) is 0 Å². The Morgan fingerprint density at radius 2 is 0.346 bits per heavy atom. The van der Waals surface area contributed by atoms with E-state index in [2.05, 4.69) is 0 Å². The molecule has 26 heavy (non-hydrogen) atoms. The predicted molar refractivity (Wildman–Crippen MR) is 46.5 cm³/mol. The van der Waals surface area contributed by atoms with Gasteiger partial charge < -0.3 is 0 Å². The first-order valence-corrected chi connectivity index (χ1v) is 5.33. The Morgan fingerprint density at radius 1 is 0.269 bits per heavy atom. The minimum absolute atomic E-state index is 0. The Balaban J connectivity index is 0.00000625. The maximum atomic E-state index is 12.6. The maximum absolute atomic E-state index is 12.6. The van der Waals surface area contributed by atoms with E-state index in [1.807, 2.05) is 0 Å². The molecule has 1 fully saturated rings. The molecule has 1 aliphatic rings. The van der Waals surface area contributed by atoms with Crippen LogP contribution in [0.15, 0.2) is 0 Å². The van der Waals surface area contributed by atoms with Crippen LogP contribution in [-0.2, 0) is 0 Å². The third kappa shape index (κ3) is 5.54. The number of halogens is 15. The summed E-state index contributed by atoms with van der Waals surface area (Å²) in [5, 5.41) is 0. The smallest absolute Gasteiger partial charge is 0.170 e. The molecule has 0 aliphatic heterocycles. The van der Waals surface area contributed by atoms with Gasteiger partial charge in [-0.2, -0.15) is 65.9 Å². The van der Waals surface area contributed by atoms with Gasteiger partial charge in [0, 0.05) is 0 Å². The molecule has 5 radical (unpaired) electrons. The summed E-state index contributed by atoms with van der Waals surface area (Å²) < 4.78 is 189. The molecule has 0 bridgehead atoms. The third-order valence-electron chi connectivity index (χ3n) is 2.67. The van der Waals surface area contributed by atoms with Crippen LogP contribution in [0.25, 0.3) is 0 Å². The monoisotopic (exact) mass is 538 g/mol. The zero-order valence-corrected chi connectivity index (χ0v) is 17.9. The summed E-state index contributed by atoms with van der Waals surface area (Å²) in [6.45, 7) is 0. The van der Waals surface area contributed by atoms with Gasteiger partial charge in [-0.15, -0.1) is 0 Å². The topological polar surface area (TPSA) is 0 Å². The maximum Gasteiger partial charge on any atom is 1.00 e. The van der Waals surface area contributed by atoms with Crippen molar-refractivity contribution < 1.29 is 135 Å². The van der Waals surface area contributed by atoms with Crippen molar-refractivity contribution in [3.05, 3.63) is 29.6 Å². The Hall–Kier alpha value is 1.00. The van der Waals surface area contributed by atoms with Gasteiger partial charge >= 0.3 is 99.8 Å². The Morgan fingerprint density at radius 3 is 0.385 bits per heavy atom. The van der Waals surface area contributed by atoms with Crippen molar-refractivity contribution in [2.45, 2.75) is 30.9 Å². The van der Waals surface area contributed by atoms with Gasteiger partial charge in [-0.3, -0.25) is 0 Å². The Kier molecular flexibility index (Phi) is 7.98. The molecule has 0 unspecified atom stereocenters. The van der Waals surface area contributed by atoms with E-state index in [9.17, 15) is 65.9 Å². The van der Waals surface area contributed by atoms with Gasteiger partial charge in [-0.25, -0.2) is 0 Å². The molecule has 145 valence electrons. The first-order valence-electron chi connectivity index (χ1n) is 5.33. The van der Waals surface area contributed by atoms with E-state index < -0.39 is 60.5 Å². The fourth-order valence-corrected chi connectivity index (χ4v) is 2.04. The molecule has 1 rings (SSSR count). The van der Waals surface area contributed by atoms with E-state index in [0.29, 0.717) is 0 Å². The molecule has 0 nitrogen and oxygen atoms in total. The van der Waals surface area contributed by atoms with Gasteiger partial charge in [0.05, 0.1) is 0 Å². The molecule has 0 aromatic carbocycles. The molecule has 1 saturated carbocycles. The van der Waals surface area contributed by atoms with E-state index in [4.69, 9.17) is 0 Å². The van der Waals surface area contributed by atoms with Crippen LogP contribution in [0.4, 0.5) is 65.9 Å². The predicted octanol–water partition coefficient (Wildman–Crippen LogP) is 2.69. The van der Waals surface area contributed by atoms with Crippen molar-refractivity contribution in [2.75, 3.05) is 0 Å². The average molecular weight is 538 g/mol. The summed E-state index contributed by atoms with van der Waals surface area (Å²) in [6, 6.07) is 0. The molecular formula is C10CsF15+. The van der Waals surface area contributed by atoms with Crippen molar-refractivity contribution in [3.8, 4) is 0 Å². The van der Waals surface area contributed by atoms with Crippen LogP contribution in [0.1, 0.15) is 0 Å². The van der Waals surface area contributed by atoms with Gasteiger partial charge in [0.25, 0.3) is 0 Å². The minimum atomic E-state index is -6.81. The van der Waals surface area contributed by atoms with E-state index in [1.165, 1.54) is 0 Å². The van der Waals surface area contributed by atoms with E-state index >= 15 is 0 Å². The zero-order chi connectivity index (χ0) is 20.4. The van der Waals surface area contributed by atoms with Crippen LogP contribution < -0.4 is 68.9 Å². The summed E-state index contributed by atoms with van der Waals surface area (Å²) in [6.07, 6.45) is -34.0. The first kappa shape index (κ1) is 27.0. The molecule has 0 N–H and O–H groups in total. The number of hydrogen-bond donors (Lipinski definition) is 0. The molecule has 0 amide bonds. The normalized spacial score (nSPS) is 21.3. The average Bonchev–Trinajstić information content (AvgIpc) is 2.61. The molecule has 16 heteroatoms. The standard InChI is InChI=1S/C10F15.Cs/c11-6(12,13)1-2(7(14,15)16)4(9(20,21)22)5(10(23,24)25)3(1)8(17,18)19;/q;+1. The molecule has 0 saturated heterocycles. The largest absolute Gasteiger partial charge is 1.00 e. The minimum Gasteiger partial charge on any atom is -0.170 e. The van der Waals surface area contributed by atoms with Crippen molar-refractivity contribution in [1.29, 1.82) is 0 Å². The van der Waals surface area contributed by atoms with Gasteiger partial charge in [0.2, 0.25) is 0 Å². The molecule has 0 atom stereocenters. The molecular weight excluding hydrogens is 538 g/mol. The summed E-state index contributed by atoms with van der Waals surface area (Å²) in [4.78, 5) is 0. The van der Waals surface area contributed by atoms with Gasteiger partial charge in [-0.05, 0) is 0 Å². The van der Waals surface area contributed by atoms with Crippen molar-refractivity contribution >= 4 is 0 Å². The van der Waals surface area contributed by atoms with Crippen molar-refractivity contribution in [3.63, 3.8) is 0 Å². The van der Waals surface area contributed by atoms with Gasteiger partial charge in [-0.1, -0.05) is 0 Å². The molecule has 0 heterocycles. The SMILES string of the molecule is FC(F)(F)[C]1[C](C(F)(F)F)[C](C(F)(F)F)[C](C(F)(F)F)[C]1C(F)(F)F.[Cs+]. The van der Waals surface area contributed by atoms with Crippen LogP contribution >= 0.6 is 0 Å². The number of hydrogen-bond acceptors (Lipinski definition) is 0. The Bertz CT molecular complexity index is 363. The number of alkyl halides is 15. The fraction of sp³-hybridized carbons (Fsp3) is 0.500. The van der Waals surface area contributed by atoms with Crippen LogP contribution in [-0.4, -0.2) is 30.9 Å². The quantitative estimate of drug-likeness (QED) is 0.417. The summed E-state index contributed by atoms with van der Waals surface area (Å²) in [5.41, 5.74) is 0. The van der Waals surface area contributed by atoms with E-state index in [1.54, 1.807) is 0 Å². The summed E-state index contributed by atoms with van der Waals surface area (Å²) >= 11 is 0. The third-order valence-corrected chi connectivity index (χ3v) is 2.67. The summed E-state index contributed by atoms with van der Waals surface area (Å²) in [7, 11) is 0. The molecule has 0 aromatic heterocycles. The summed E-state index contributed by atoms with van der Waals surface area (Å²) in [5.74, 6) is -20.5. The molecule has 0 spiro atoms. The van der Waals surface area contributed by atoms with E-state index in [-0.39, 0.29) is 68.9 Å². The van der Waals surface area contributed by atoms with Crippen molar-refractivity contribution in [1.82, 2.24) is 0 Å². The first-order chi connectivity index (χ1) is 10.6. The van der Waals surface area contributed by atoms with Crippen LogP contribution in [0, 0.1) is 29.6 Å². The second kappa shape index (κ2) is 7.68. The molecule has 1 aliphatic carbocycles. The van der Waals surface area contributed by atoms with E-state index in [0.717, 1.165) is 0 Å². The van der Waals surface area contributed by atoms with Crippen LogP contribution in [0.3, 0.4) is 0 Å². The fourth-order valence-electron chi connectivity index (χ4n) is 2.04. The second-order valence-corrected chi connectivity index (χ2v) is 4.36. The Labute approximate surface area is 193 Å². The van der Waals surface area contributed by atoms with Crippen LogP contribution in [0.5, 0.6) is 0 Å². The van der Waals surface area contributed by atoms with Crippen molar-refractivity contribution in [2.24, 2.45) is 0 Å². The zero-order valence-electron chi connectivity index (χ0n) is 11.7. The second-order valence-electron chi connectivity index (χ2n) is 4.36.